The lowest BCUT2D eigenvalue weighted by Crippen LogP contribution is -2.50. The molecule has 1 aliphatic rings. The van der Waals surface area contributed by atoms with Gasteiger partial charge in [-0.3, -0.25) is 0 Å². The highest BCUT2D eigenvalue weighted by atomic mass is 32.2. The molecule has 0 bridgehead atoms. The zero-order chi connectivity index (χ0) is 14.3. The molecule has 6 nitrogen and oxygen atoms in total. The minimum absolute atomic E-state index is 0.0496. The molecule has 0 amide bonds. The van der Waals surface area contributed by atoms with Gasteiger partial charge < -0.3 is 15.6 Å². The first-order valence-electron chi connectivity index (χ1n) is 5.95. The second kappa shape index (κ2) is 4.66. The van der Waals surface area contributed by atoms with Crippen LogP contribution in [0.3, 0.4) is 0 Å². The molecule has 2 rings (SSSR count). The molecular weight excluding hydrogens is 268 g/mol. The van der Waals surface area contributed by atoms with E-state index < -0.39 is 15.6 Å². The molecule has 1 aliphatic heterocycles. The molecule has 1 fully saturated rings. The number of aromatic hydroxyl groups is 1. The maximum Gasteiger partial charge on any atom is 0.243 e. The number of hydrogen-bond donors (Lipinski definition) is 2. The number of phenols is 1. The van der Waals surface area contributed by atoms with Crippen molar-refractivity contribution >= 4 is 15.7 Å². The maximum atomic E-state index is 12.5. The van der Waals surface area contributed by atoms with Crippen molar-refractivity contribution in [3.05, 3.63) is 18.2 Å². The largest absolute Gasteiger partial charge is 0.506 e. The summed E-state index contributed by atoms with van der Waals surface area (Å²) in [6.07, 6.45) is 0. The fraction of sp³-hybridized carbons (Fsp3) is 0.500. The normalized spacial score (nSPS) is 20.3. The molecule has 106 valence electrons. The lowest BCUT2D eigenvalue weighted by molar-refractivity contribution is -0.0640. The summed E-state index contributed by atoms with van der Waals surface area (Å²) < 4.78 is 31.8. The van der Waals surface area contributed by atoms with Gasteiger partial charge in [0.15, 0.2) is 0 Å². The molecule has 1 aromatic rings. The molecule has 1 saturated heterocycles. The van der Waals surface area contributed by atoms with E-state index in [0.717, 1.165) is 0 Å². The highest BCUT2D eigenvalue weighted by Gasteiger charge is 2.35. The molecule has 1 heterocycles. The SMILES string of the molecule is CC1(C)CN(S(=O)(=O)c2ccc(O)c(N)c2)CCO1. The van der Waals surface area contributed by atoms with Crippen LogP contribution in [0.4, 0.5) is 5.69 Å². The van der Waals surface area contributed by atoms with Crippen molar-refractivity contribution in [2.75, 3.05) is 25.4 Å². The second-order valence-corrected chi connectivity index (χ2v) is 7.11. The van der Waals surface area contributed by atoms with Gasteiger partial charge in [-0.2, -0.15) is 4.31 Å². The van der Waals surface area contributed by atoms with Crippen LogP contribution in [-0.4, -0.2) is 43.1 Å². The van der Waals surface area contributed by atoms with Gasteiger partial charge in [-0.05, 0) is 32.0 Å². The van der Waals surface area contributed by atoms with Crippen molar-refractivity contribution in [2.24, 2.45) is 0 Å². The number of ether oxygens (including phenoxy) is 1. The number of nitrogens with zero attached hydrogens (tertiary/aromatic N) is 1. The van der Waals surface area contributed by atoms with Gasteiger partial charge in [-0.25, -0.2) is 8.42 Å². The number of sulfonamides is 1. The molecule has 0 saturated carbocycles. The molecular formula is C12H18N2O4S. The smallest absolute Gasteiger partial charge is 0.243 e. The molecule has 0 unspecified atom stereocenters. The van der Waals surface area contributed by atoms with Gasteiger partial charge in [0, 0.05) is 13.1 Å². The van der Waals surface area contributed by atoms with E-state index in [2.05, 4.69) is 0 Å². The monoisotopic (exact) mass is 286 g/mol. The summed E-state index contributed by atoms with van der Waals surface area (Å²) in [7, 11) is -3.61. The molecule has 3 N–H and O–H groups in total. The third kappa shape index (κ3) is 2.83. The number of hydrogen-bond acceptors (Lipinski definition) is 5. The Balaban J connectivity index is 2.34. The van der Waals surface area contributed by atoms with Gasteiger partial charge in [-0.1, -0.05) is 0 Å². The van der Waals surface area contributed by atoms with Gasteiger partial charge in [0.2, 0.25) is 10.0 Å². The predicted molar refractivity (Wildman–Crippen MR) is 71.3 cm³/mol. The maximum absolute atomic E-state index is 12.5. The molecule has 1 aromatic carbocycles. The number of nitrogen functional groups attached to an aromatic ring is 1. The van der Waals surface area contributed by atoms with E-state index in [-0.39, 0.29) is 22.9 Å². The lowest BCUT2D eigenvalue weighted by Gasteiger charge is -2.37. The average molecular weight is 286 g/mol. The van der Waals surface area contributed by atoms with Crippen LogP contribution in [0.5, 0.6) is 5.75 Å². The third-order valence-corrected chi connectivity index (χ3v) is 4.87. The van der Waals surface area contributed by atoms with E-state index in [0.29, 0.717) is 13.2 Å². The Morgan fingerprint density at radius 3 is 2.68 bits per heavy atom. The van der Waals surface area contributed by atoms with E-state index in [1.54, 1.807) is 0 Å². The first kappa shape index (κ1) is 14.1. The van der Waals surface area contributed by atoms with Gasteiger partial charge in [-0.15, -0.1) is 0 Å². The molecule has 19 heavy (non-hydrogen) atoms. The van der Waals surface area contributed by atoms with E-state index >= 15 is 0 Å². The fourth-order valence-corrected chi connectivity index (χ4v) is 3.63. The number of anilines is 1. The standard InChI is InChI=1S/C12H18N2O4S/c1-12(2)8-14(5-6-18-12)19(16,17)9-3-4-11(15)10(13)7-9/h3-4,7,15H,5-6,8,13H2,1-2H3. The Bertz CT molecular complexity index is 583. The predicted octanol–water partition coefficient (Wildman–Crippen LogP) is 0.774. The quantitative estimate of drug-likeness (QED) is 0.619. The summed E-state index contributed by atoms with van der Waals surface area (Å²) >= 11 is 0. The van der Waals surface area contributed by atoms with Crippen LogP contribution >= 0.6 is 0 Å². The first-order chi connectivity index (χ1) is 8.72. The Morgan fingerprint density at radius 1 is 1.42 bits per heavy atom. The van der Waals surface area contributed by atoms with Crippen LogP contribution in [0.25, 0.3) is 0 Å². The summed E-state index contributed by atoms with van der Waals surface area (Å²) in [5.74, 6) is -0.124. The van der Waals surface area contributed by atoms with Gasteiger partial charge >= 0.3 is 0 Å². The number of phenolic OH excluding ortho intramolecular Hbond substituents is 1. The Kier molecular flexibility index (Phi) is 3.46. The third-order valence-electron chi connectivity index (χ3n) is 3.03. The topological polar surface area (TPSA) is 92.9 Å². The summed E-state index contributed by atoms with van der Waals surface area (Å²) in [5, 5.41) is 9.35. The van der Waals surface area contributed by atoms with Crippen LogP contribution in [0.1, 0.15) is 13.8 Å². The van der Waals surface area contributed by atoms with Gasteiger partial charge in [0.05, 0.1) is 22.8 Å². The number of morpholine rings is 1. The van der Waals surface area contributed by atoms with E-state index in [9.17, 15) is 13.5 Å². The van der Waals surface area contributed by atoms with Gasteiger partial charge in [0.25, 0.3) is 0 Å². The number of nitrogens with two attached hydrogens (primary N) is 1. The summed E-state index contributed by atoms with van der Waals surface area (Å²) in [5.41, 5.74) is 5.09. The van der Waals surface area contributed by atoms with E-state index in [1.807, 2.05) is 13.8 Å². The Morgan fingerprint density at radius 2 is 2.11 bits per heavy atom. The van der Waals surface area contributed by atoms with E-state index in [1.165, 1.54) is 22.5 Å². The fourth-order valence-electron chi connectivity index (χ4n) is 2.02. The highest BCUT2D eigenvalue weighted by molar-refractivity contribution is 7.89. The minimum Gasteiger partial charge on any atom is -0.506 e. The van der Waals surface area contributed by atoms with Crippen LogP contribution in [0.2, 0.25) is 0 Å². The van der Waals surface area contributed by atoms with Crippen molar-refractivity contribution in [1.29, 1.82) is 0 Å². The van der Waals surface area contributed by atoms with Gasteiger partial charge in [0.1, 0.15) is 5.75 Å². The van der Waals surface area contributed by atoms with Crippen molar-refractivity contribution in [3.8, 4) is 5.75 Å². The minimum atomic E-state index is -3.61. The van der Waals surface area contributed by atoms with Crippen LogP contribution in [0, 0.1) is 0 Å². The van der Waals surface area contributed by atoms with Crippen molar-refractivity contribution in [3.63, 3.8) is 0 Å². The zero-order valence-corrected chi connectivity index (χ0v) is 11.8. The molecule has 7 heteroatoms. The van der Waals surface area contributed by atoms with Crippen molar-refractivity contribution in [2.45, 2.75) is 24.3 Å². The van der Waals surface area contributed by atoms with Crippen molar-refractivity contribution < 1.29 is 18.3 Å². The molecule has 0 atom stereocenters. The molecule has 0 aliphatic carbocycles. The zero-order valence-electron chi connectivity index (χ0n) is 11.0. The van der Waals surface area contributed by atoms with Crippen LogP contribution < -0.4 is 5.73 Å². The Labute approximate surface area is 112 Å². The summed E-state index contributed by atoms with van der Waals surface area (Å²) in [6.45, 7) is 4.65. The summed E-state index contributed by atoms with van der Waals surface area (Å²) in [4.78, 5) is 0.0838. The number of rotatable bonds is 2. The van der Waals surface area contributed by atoms with Crippen molar-refractivity contribution in [1.82, 2.24) is 4.31 Å². The Hall–Kier alpha value is -1.31. The second-order valence-electron chi connectivity index (χ2n) is 5.17. The molecule has 0 aromatic heterocycles. The van der Waals surface area contributed by atoms with Crippen LogP contribution in [-0.2, 0) is 14.8 Å². The summed E-state index contributed by atoms with van der Waals surface area (Å²) in [6, 6.07) is 3.91. The lowest BCUT2D eigenvalue weighted by atomic mass is 10.1. The molecule has 0 spiro atoms. The molecule has 0 radical (unpaired) electrons. The number of benzene rings is 1. The highest BCUT2D eigenvalue weighted by Crippen LogP contribution is 2.27. The average Bonchev–Trinajstić information content (AvgIpc) is 2.31. The first-order valence-corrected chi connectivity index (χ1v) is 7.39. The van der Waals surface area contributed by atoms with Crippen LogP contribution in [0.15, 0.2) is 23.1 Å². The van der Waals surface area contributed by atoms with E-state index in [4.69, 9.17) is 10.5 Å².